The fourth-order valence-electron chi connectivity index (χ4n) is 0.320. The molecule has 1 aromatic heterocycles. The predicted octanol–water partition coefficient (Wildman–Crippen LogP) is -0.609. The Morgan fingerprint density at radius 1 is 1.12 bits per heavy atom. The molecule has 0 amide bonds. The maximum Gasteiger partial charge on any atom is 0.310 e. The molecule has 0 atom stereocenters. The van der Waals surface area contributed by atoms with E-state index in [1.165, 1.54) is 12.4 Å². The zero-order valence-corrected chi connectivity index (χ0v) is 4.06. The van der Waals surface area contributed by atoms with Crippen LogP contribution in [0.15, 0.2) is 24.5 Å². The SMILES string of the molecule is O=[n+]1nccccn1. The van der Waals surface area contributed by atoms with Crippen molar-refractivity contribution < 1.29 is 4.66 Å². The molecule has 0 fully saturated rings. The summed E-state index contributed by atoms with van der Waals surface area (Å²) in [6.45, 7) is 0. The molecule has 4 heteroatoms. The van der Waals surface area contributed by atoms with Gasteiger partial charge in [-0.3, -0.25) is 0 Å². The van der Waals surface area contributed by atoms with Crippen LogP contribution < -0.4 is 4.66 Å². The van der Waals surface area contributed by atoms with E-state index in [0.717, 1.165) is 0 Å². The third kappa shape index (κ3) is 1.07. The van der Waals surface area contributed by atoms with Gasteiger partial charge in [0.25, 0.3) is 0 Å². The predicted molar refractivity (Wildman–Crippen MR) is 25.4 cm³/mol. The third-order valence-corrected chi connectivity index (χ3v) is 0.614. The van der Waals surface area contributed by atoms with Gasteiger partial charge in [0.1, 0.15) is 12.4 Å². The van der Waals surface area contributed by atoms with E-state index in [-0.39, 0.29) is 4.66 Å². The molecule has 1 heterocycles. The molecule has 40 valence electrons. The molecule has 0 bridgehead atoms. The summed E-state index contributed by atoms with van der Waals surface area (Å²) in [5, 5.41) is 6.58. The fourth-order valence-corrected chi connectivity index (χ4v) is 0.320. The standard InChI is InChI=1S/C4H4N3O/c8-7-5-3-1-2-4-6-7/h1-4H/q+1. The number of rotatable bonds is 0. The van der Waals surface area contributed by atoms with Gasteiger partial charge in [-0.1, -0.05) is 0 Å². The molecular formula is C4H4N3O+. The summed E-state index contributed by atoms with van der Waals surface area (Å²) in [4.78, 5) is 10.2. The van der Waals surface area contributed by atoms with Gasteiger partial charge in [-0.15, -0.1) is 0 Å². The molecule has 0 saturated carbocycles. The van der Waals surface area contributed by atoms with Crippen molar-refractivity contribution in [3.63, 3.8) is 0 Å². The van der Waals surface area contributed by atoms with Crippen LogP contribution in [0.2, 0.25) is 0 Å². The van der Waals surface area contributed by atoms with Gasteiger partial charge in [0.05, 0.1) is 15.1 Å². The lowest BCUT2D eigenvalue weighted by Gasteiger charge is -1.45. The van der Waals surface area contributed by atoms with E-state index in [2.05, 4.69) is 10.2 Å². The van der Waals surface area contributed by atoms with Crippen molar-refractivity contribution in [3.05, 3.63) is 29.4 Å². The quantitative estimate of drug-likeness (QED) is 0.418. The molecule has 1 aromatic rings. The van der Waals surface area contributed by atoms with E-state index in [0.29, 0.717) is 0 Å². The van der Waals surface area contributed by atoms with E-state index in [9.17, 15) is 4.91 Å². The lowest BCUT2D eigenvalue weighted by molar-refractivity contribution is -0.627. The molecule has 0 saturated heterocycles. The molecule has 8 heavy (non-hydrogen) atoms. The highest BCUT2D eigenvalue weighted by Gasteiger charge is 1.81. The molecular weight excluding hydrogens is 106 g/mol. The number of nitrogens with zero attached hydrogens (tertiary/aromatic N) is 3. The highest BCUT2D eigenvalue weighted by molar-refractivity contribution is 4.77. The largest absolute Gasteiger partial charge is 0.310 e. The maximum absolute atomic E-state index is 10.2. The Morgan fingerprint density at radius 2 is 1.62 bits per heavy atom. The van der Waals surface area contributed by atoms with E-state index < -0.39 is 0 Å². The molecule has 0 N–H and O–H groups in total. The molecule has 0 aliphatic carbocycles. The van der Waals surface area contributed by atoms with Crippen molar-refractivity contribution in [3.8, 4) is 0 Å². The van der Waals surface area contributed by atoms with Crippen LogP contribution in [0.4, 0.5) is 0 Å². The van der Waals surface area contributed by atoms with E-state index in [4.69, 9.17) is 0 Å². The summed E-state index contributed by atoms with van der Waals surface area (Å²) in [6, 6.07) is 3.25. The van der Waals surface area contributed by atoms with E-state index in [1.54, 1.807) is 12.1 Å². The van der Waals surface area contributed by atoms with Gasteiger partial charge in [0, 0.05) is 0 Å². The molecule has 0 spiro atoms. The van der Waals surface area contributed by atoms with Gasteiger partial charge >= 0.3 is 4.66 Å². The lowest BCUT2D eigenvalue weighted by Crippen LogP contribution is -2.20. The fraction of sp³-hybridized carbons (Fsp3) is 0. The van der Waals surface area contributed by atoms with Crippen LogP contribution in [0.25, 0.3) is 0 Å². The molecule has 0 aromatic carbocycles. The second-order valence-corrected chi connectivity index (χ2v) is 1.17. The van der Waals surface area contributed by atoms with Crippen molar-refractivity contribution in [2.75, 3.05) is 0 Å². The van der Waals surface area contributed by atoms with Crippen molar-refractivity contribution in [2.45, 2.75) is 0 Å². The Bertz CT molecular complexity index is 202. The molecule has 4 nitrogen and oxygen atoms in total. The average Bonchev–Trinajstić information content (AvgIpc) is 1.94. The van der Waals surface area contributed by atoms with Crippen LogP contribution in [0.5, 0.6) is 0 Å². The normalized spacial score (nSPS) is 8.50. The highest BCUT2D eigenvalue weighted by Crippen LogP contribution is 1.64. The molecule has 0 radical (unpaired) electrons. The lowest BCUT2D eigenvalue weighted by atomic mass is 10.6. The molecule has 0 aliphatic heterocycles. The minimum atomic E-state index is 0.250. The van der Waals surface area contributed by atoms with Crippen molar-refractivity contribution in [1.82, 2.24) is 10.2 Å². The first-order valence-electron chi connectivity index (χ1n) is 2.10. The van der Waals surface area contributed by atoms with Crippen LogP contribution >= 0.6 is 0 Å². The smallest absolute Gasteiger partial charge is 0.0357 e. The number of hydrogen-bond donors (Lipinski definition) is 0. The summed E-state index contributed by atoms with van der Waals surface area (Å²) in [7, 11) is 0. The van der Waals surface area contributed by atoms with Gasteiger partial charge < -0.3 is 0 Å². The summed E-state index contributed by atoms with van der Waals surface area (Å²) < 4.78 is 0.250. The Hall–Kier alpha value is -1.32. The van der Waals surface area contributed by atoms with Gasteiger partial charge in [-0.2, -0.15) is 0 Å². The van der Waals surface area contributed by atoms with E-state index in [1.807, 2.05) is 0 Å². The minimum Gasteiger partial charge on any atom is -0.0357 e. The Balaban J connectivity index is 3.32. The van der Waals surface area contributed by atoms with Crippen molar-refractivity contribution >= 4 is 0 Å². The summed E-state index contributed by atoms with van der Waals surface area (Å²) in [5.41, 5.74) is 0. The van der Waals surface area contributed by atoms with Crippen LogP contribution in [0, 0.1) is 4.91 Å². The van der Waals surface area contributed by atoms with Crippen molar-refractivity contribution in [1.29, 1.82) is 0 Å². The topological polar surface area (TPSA) is 48.8 Å². The molecule has 0 aliphatic rings. The van der Waals surface area contributed by atoms with Gasteiger partial charge in [0.2, 0.25) is 0 Å². The summed E-state index contributed by atoms with van der Waals surface area (Å²) in [5.74, 6) is 0. The first-order chi connectivity index (χ1) is 3.89. The first kappa shape index (κ1) is 4.83. The third-order valence-electron chi connectivity index (χ3n) is 0.614. The van der Waals surface area contributed by atoms with Gasteiger partial charge in [0.15, 0.2) is 0 Å². The number of hydrogen-bond acceptors (Lipinski definition) is 3. The molecule has 0 unspecified atom stereocenters. The minimum absolute atomic E-state index is 0.250. The zero-order chi connectivity index (χ0) is 5.82. The number of aromatic nitrogens is 3. The van der Waals surface area contributed by atoms with Gasteiger partial charge in [-0.25, -0.2) is 0 Å². The maximum atomic E-state index is 10.2. The molecule has 1 rings (SSSR count). The summed E-state index contributed by atoms with van der Waals surface area (Å²) >= 11 is 0. The highest BCUT2D eigenvalue weighted by atomic mass is 16.3. The van der Waals surface area contributed by atoms with Crippen LogP contribution in [-0.2, 0) is 0 Å². The summed E-state index contributed by atoms with van der Waals surface area (Å²) in [6.07, 6.45) is 2.75. The van der Waals surface area contributed by atoms with Crippen LogP contribution in [0.1, 0.15) is 0 Å². The second-order valence-electron chi connectivity index (χ2n) is 1.17. The van der Waals surface area contributed by atoms with Crippen LogP contribution in [-0.4, -0.2) is 10.2 Å². The zero-order valence-electron chi connectivity index (χ0n) is 4.06. The first-order valence-corrected chi connectivity index (χ1v) is 2.10. The van der Waals surface area contributed by atoms with Gasteiger partial charge in [-0.05, 0) is 12.1 Å². The van der Waals surface area contributed by atoms with Crippen molar-refractivity contribution in [2.24, 2.45) is 0 Å². The van der Waals surface area contributed by atoms with E-state index >= 15 is 0 Å². The second kappa shape index (κ2) is 2.11. The Labute approximate surface area is 45.4 Å². The monoisotopic (exact) mass is 110 g/mol. The Morgan fingerprint density at radius 3 is 2.12 bits per heavy atom. The van der Waals surface area contributed by atoms with Crippen LogP contribution in [0.3, 0.4) is 0 Å². The Kier molecular flexibility index (Phi) is 1.27. The average molecular weight is 110 g/mol.